The summed E-state index contributed by atoms with van der Waals surface area (Å²) in [4.78, 5) is 34.7. The van der Waals surface area contributed by atoms with E-state index in [4.69, 9.17) is 9.57 Å². The predicted octanol–water partition coefficient (Wildman–Crippen LogP) is 2.74. The lowest BCUT2D eigenvalue weighted by Gasteiger charge is -2.24. The second-order valence-electron chi connectivity index (χ2n) is 8.20. The molecule has 0 N–H and O–H groups in total. The maximum absolute atomic E-state index is 15.1. The molecule has 0 saturated carbocycles. The van der Waals surface area contributed by atoms with Gasteiger partial charge in [-0.25, -0.2) is 35.8 Å². The fourth-order valence-electron chi connectivity index (χ4n) is 3.95. The Balaban J connectivity index is 1.45. The Bertz CT molecular complexity index is 1240. The zero-order valence-corrected chi connectivity index (χ0v) is 20.0. The van der Waals surface area contributed by atoms with Crippen LogP contribution in [-0.4, -0.2) is 75.1 Å². The van der Waals surface area contributed by atoms with Gasteiger partial charge in [0, 0.05) is 37.8 Å². The van der Waals surface area contributed by atoms with Gasteiger partial charge in [0.25, 0.3) is 16.4 Å². The largest absolute Gasteiger partial charge is 0.444 e. The average Bonchev–Trinajstić information content (AvgIpc) is 3.06. The van der Waals surface area contributed by atoms with Crippen molar-refractivity contribution in [1.29, 1.82) is 0 Å². The van der Waals surface area contributed by atoms with Gasteiger partial charge in [0.15, 0.2) is 22.4 Å². The number of hydrogen-bond acceptors (Lipinski definition) is 8. The number of hydrogen-bond donors (Lipinski definition) is 0. The molecule has 1 aromatic heterocycles. The van der Waals surface area contributed by atoms with E-state index in [9.17, 15) is 26.8 Å². The second-order valence-corrected chi connectivity index (χ2v) is 9.98. The molecule has 2 saturated heterocycles. The van der Waals surface area contributed by atoms with Crippen LogP contribution in [-0.2, 0) is 24.4 Å². The van der Waals surface area contributed by atoms with E-state index >= 15 is 8.78 Å². The van der Waals surface area contributed by atoms with Crippen molar-refractivity contribution in [3.8, 4) is 0 Å². The van der Waals surface area contributed by atoms with Crippen molar-refractivity contribution >= 4 is 33.3 Å². The minimum absolute atomic E-state index is 0.0343. The van der Waals surface area contributed by atoms with Crippen molar-refractivity contribution in [1.82, 2.24) is 9.45 Å². The number of ether oxygens (including phenoxy) is 1. The number of cyclic esters (lactones) is 1. The van der Waals surface area contributed by atoms with Gasteiger partial charge >= 0.3 is 6.09 Å². The molecule has 0 bridgehead atoms. The molecule has 0 spiro atoms. The number of carbonyl (C=O) groups excluding carboxylic acids is 2. The molecule has 2 fully saturated rings. The average molecular weight is 546 g/mol. The summed E-state index contributed by atoms with van der Waals surface area (Å²) >= 11 is 0. The molecular formula is C22H22F4N4O6S. The molecule has 2 aliphatic rings. The highest BCUT2D eigenvalue weighted by atomic mass is 32.2. The maximum Gasteiger partial charge on any atom is 0.414 e. The summed E-state index contributed by atoms with van der Waals surface area (Å²) in [6, 6.07) is 6.18. The van der Waals surface area contributed by atoms with Crippen molar-refractivity contribution in [3.63, 3.8) is 0 Å². The Morgan fingerprint density at radius 2 is 1.86 bits per heavy atom. The molecule has 0 unspecified atom stereocenters. The number of aromatic nitrogens is 1. The summed E-state index contributed by atoms with van der Waals surface area (Å²) in [6.45, 7) is -0.745. The number of ketones is 1. The molecule has 1 amide bonds. The molecule has 3 heterocycles. The van der Waals surface area contributed by atoms with Crippen LogP contribution in [0.3, 0.4) is 0 Å². The Labute approximate surface area is 209 Å². The molecule has 0 radical (unpaired) electrons. The molecule has 15 heteroatoms. The lowest BCUT2D eigenvalue weighted by Crippen LogP contribution is -2.35. The van der Waals surface area contributed by atoms with Gasteiger partial charge in [0.2, 0.25) is 0 Å². The number of benzene rings is 1. The van der Waals surface area contributed by atoms with E-state index < -0.39 is 58.2 Å². The van der Waals surface area contributed by atoms with E-state index in [0.29, 0.717) is 0 Å². The zero-order chi connectivity index (χ0) is 26.7. The minimum atomic E-state index is -4.09. The number of carbonyl (C=O) groups is 2. The quantitative estimate of drug-likeness (QED) is 0.465. The number of hydroxylamine groups is 1. The number of amides is 1. The van der Waals surface area contributed by atoms with E-state index in [0.717, 1.165) is 21.5 Å². The maximum atomic E-state index is 15.1. The number of rotatable bonds is 8. The van der Waals surface area contributed by atoms with Gasteiger partial charge in [0.05, 0.1) is 25.4 Å². The number of alkyl halides is 2. The summed E-state index contributed by atoms with van der Waals surface area (Å²) in [5.41, 5.74) is -0.590. The Hall–Kier alpha value is -3.30. The van der Waals surface area contributed by atoms with Crippen LogP contribution in [0.5, 0.6) is 0 Å². The predicted molar refractivity (Wildman–Crippen MR) is 121 cm³/mol. The molecule has 200 valence electrons. The first-order chi connectivity index (χ1) is 17.6. The molecule has 37 heavy (non-hydrogen) atoms. The van der Waals surface area contributed by atoms with Crippen molar-refractivity contribution in [2.24, 2.45) is 0 Å². The standard InChI is InChI=1S/C22H22F4N4O6S/c23-16-11-14(29-13-15(36-22(29)32)4-5-18(31)21(25)26)12-17(24)20(16)28-7-8-30(35-10-9-28)37(33,34)19-3-1-2-6-27-19/h1-3,6,11-12,15,21H,4-5,7-10,13H2/t15-/m0/s1. The number of anilines is 2. The van der Waals surface area contributed by atoms with Gasteiger partial charge in [-0.1, -0.05) is 10.5 Å². The van der Waals surface area contributed by atoms with Crippen LogP contribution in [0.1, 0.15) is 12.8 Å². The third kappa shape index (κ3) is 5.83. The third-order valence-electron chi connectivity index (χ3n) is 5.78. The first kappa shape index (κ1) is 26.8. The van der Waals surface area contributed by atoms with Gasteiger partial charge in [-0.15, -0.1) is 0 Å². The molecule has 1 aromatic carbocycles. The van der Waals surface area contributed by atoms with Crippen LogP contribution in [0.4, 0.5) is 33.7 Å². The third-order valence-corrected chi connectivity index (χ3v) is 7.37. The van der Waals surface area contributed by atoms with Gasteiger partial charge in [-0.2, -0.15) is 0 Å². The van der Waals surface area contributed by atoms with E-state index in [-0.39, 0.29) is 49.9 Å². The summed E-state index contributed by atoms with van der Waals surface area (Å²) in [6.07, 6.45) is -4.30. The van der Waals surface area contributed by atoms with Crippen molar-refractivity contribution in [2.45, 2.75) is 30.4 Å². The number of sulfonamides is 1. The number of halogens is 4. The fourth-order valence-corrected chi connectivity index (χ4v) is 5.14. The van der Waals surface area contributed by atoms with Gasteiger partial charge < -0.3 is 9.64 Å². The Morgan fingerprint density at radius 1 is 1.14 bits per heavy atom. The van der Waals surface area contributed by atoms with Gasteiger partial charge in [-0.3, -0.25) is 14.5 Å². The van der Waals surface area contributed by atoms with Crippen molar-refractivity contribution in [2.75, 3.05) is 42.6 Å². The number of nitrogens with zero attached hydrogens (tertiary/aromatic N) is 4. The van der Waals surface area contributed by atoms with Crippen LogP contribution >= 0.6 is 0 Å². The molecule has 2 aromatic rings. The second kappa shape index (κ2) is 11.0. The molecule has 1 atom stereocenters. The van der Waals surface area contributed by atoms with E-state index in [1.165, 1.54) is 23.2 Å². The molecule has 2 aliphatic heterocycles. The normalized spacial score (nSPS) is 19.3. The molecule has 4 rings (SSSR count). The molecular weight excluding hydrogens is 524 g/mol. The topological polar surface area (TPSA) is 109 Å². The lowest BCUT2D eigenvalue weighted by molar-refractivity contribution is -0.129. The van der Waals surface area contributed by atoms with Crippen LogP contribution in [0.25, 0.3) is 0 Å². The van der Waals surface area contributed by atoms with Crippen LogP contribution in [0.15, 0.2) is 41.6 Å². The fraction of sp³-hybridized carbons (Fsp3) is 0.409. The van der Waals surface area contributed by atoms with E-state index in [1.54, 1.807) is 6.07 Å². The molecule has 10 nitrogen and oxygen atoms in total. The summed E-state index contributed by atoms with van der Waals surface area (Å²) in [7, 11) is -4.09. The van der Waals surface area contributed by atoms with E-state index in [1.807, 2.05) is 0 Å². The SMILES string of the molecule is O=C(CC[C@H]1CN(c2cc(F)c(N3CCON(S(=O)(=O)c4ccccn4)CC3)c(F)c2)C(=O)O1)C(F)F. The van der Waals surface area contributed by atoms with Gasteiger partial charge in [-0.05, 0) is 18.6 Å². The first-order valence-corrected chi connectivity index (χ1v) is 12.6. The highest BCUT2D eigenvalue weighted by molar-refractivity contribution is 7.88. The Morgan fingerprint density at radius 3 is 2.51 bits per heavy atom. The summed E-state index contributed by atoms with van der Waals surface area (Å²) < 4.78 is 86.2. The van der Waals surface area contributed by atoms with Crippen LogP contribution < -0.4 is 9.80 Å². The monoisotopic (exact) mass is 546 g/mol. The number of pyridine rings is 1. The highest BCUT2D eigenvalue weighted by Crippen LogP contribution is 2.32. The van der Waals surface area contributed by atoms with Crippen LogP contribution in [0, 0.1) is 11.6 Å². The lowest BCUT2D eigenvalue weighted by atomic mass is 10.1. The van der Waals surface area contributed by atoms with Crippen LogP contribution in [0.2, 0.25) is 0 Å². The smallest absolute Gasteiger partial charge is 0.414 e. The summed E-state index contributed by atoms with van der Waals surface area (Å²) in [5.74, 6) is -3.32. The van der Waals surface area contributed by atoms with Gasteiger partial charge in [0.1, 0.15) is 11.8 Å². The van der Waals surface area contributed by atoms with Crippen molar-refractivity contribution in [3.05, 3.63) is 48.2 Å². The number of Topliss-reactive ketones (excluding diaryl/α,β-unsaturated/α-hetero) is 1. The minimum Gasteiger partial charge on any atom is -0.444 e. The Kier molecular flexibility index (Phi) is 7.94. The molecule has 0 aliphatic carbocycles. The zero-order valence-electron chi connectivity index (χ0n) is 19.2. The summed E-state index contributed by atoms with van der Waals surface area (Å²) in [5, 5.41) is -0.237. The highest BCUT2D eigenvalue weighted by Gasteiger charge is 2.35. The van der Waals surface area contributed by atoms with E-state index in [2.05, 4.69) is 4.98 Å². The van der Waals surface area contributed by atoms with Crippen molar-refractivity contribution < 1.29 is 45.1 Å². The first-order valence-electron chi connectivity index (χ1n) is 11.2.